The monoisotopic (exact) mass is 600 g/mol. The minimum Gasteiger partial charge on any atom is -0.269 e. The number of aromatic nitrogens is 2. The van der Waals surface area contributed by atoms with Crippen molar-refractivity contribution in [1.82, 2.24) is 9.78 Å². The molecule has 0 spiro atoms. The Kier molecular flexibility index (Phi) is 7.85. The van der Waals surface area contributed by atoms with Crippen LogP contribution in [0.4, 0.5) is 8.78 Å². The first-order valence-electron chi connectivity index (χ1n) is 10.8. The normalized spacial score (nSPS) is 11.7. The minimum atomic E-state index is -0.837. The van der Waals surface area contributed by atoms with Crippen LogP contribution in [0.1, 0.15) is 51.1 Å². The van der Waals surface area contributed by atoms with E-state index in [4.69, 9.17) is 5.10 Å². The summed E-state index contributed by atoms with van der Waals surface area (Å²) in [5.41, 5.74) is 1.96. The van der Waals surface area contributed by atoms with E-state index in [1.807, 2.05) is 35.9 Å². The lowest BCUT2D eigenvalue weighted by Gasteiger charge is -2.10. The highest BCUT2D eigenvalue weighted by molar-refractivity contribution is 9.11. The van der Waals surface area contributed by atoms with Crippen LogP contribution in [-0.4, -0.2) is 9.78 Å². The predicted octanol–water partition coefficient (Wildman–Crippen LogP) is 9.97. The molecule has 3 heterocycles. The van der Waals surface area contributed by atoms with Crippen LogP contribution in [-0.2, 0) is 6.54 Å². The van der Waals surface area contributed by atoms with E-state index >= 15 is 8.78 Å². The van der Waals surface area contributed by atoms with Crippen LogP contribution in [0.5, 0.6) is 0 Å². The highest BCUT2D eigenvalue weighted by atomic mass is 79.9. The van der Waals surface area contributed by atoms with Gasteiger partial charge in [-0.2, -0.15) is 5.10 Å². The van der Waals surface area contributed by atoms with Gasteiger partial charge in [0.25, 0.3) is 0 Å². The number of nitrogens with zero attached hydrogens (tertiary/aromatic N) is 2. The van der Waals surface area contributed by atoms with Gasteiger partial charge in [-0.15, -0.1) is 22.7 Å². The van der Waals surface area contributed by atoms with Crippen LogP contribution in [0.3, 0.4) is 0 Å². The molecular formula is C24H24Br2F2N2S2. The van der Waals surface area contributed by atoms with Gasteiger partial charge in [0.1, 0.15) is 5.52 Å². The molecule has 3 aromatic heterocycles. The predicted molar refractivity (Wildman–Crippen MR) is 140 cm³/mol. The lowest BCUT2D eigenvalue weighted by atomic mass is 10.00. The van der Waals surface area contributed by atoms with E-state index in [0.717, 1.165) is 32.7 Å². The number of hydrogen-bond acceptors (Lipinski definition) is 3. The van der Waals surface area contributed by atoms with Crippen LogP contribution in [0.25, 0.3) is 31.8 Å². The molecule has 4 aromatic rings. The minimum absolute atomic E-state index is 0.248. The van der Waals surface area contributed by atoms with Gasteiger partial charge in [0.05, 0.1) is 13.1 Å². The maximum absolute atomic E-state index is 15.6. The highest BCUT2D eigenvalue weighted by Crippen LogP contribution is 2.45. The Morgan fingerprint density at radius 1 is 0.844 bits per heavy atom. The number of aryl methyl sites for hydroxylation is 2. The van der Waals surface area contributed by atoms with Gasteiger partial charge in [-0.3, -0.25) is 4.68 Å². The standard InChI is InChI=1S/C24H24Br2F2N2S2/c1-3-4-5-6-7-8-13-30-14(2)19-20(15-9-11-17(25)31-15)22(27)23(28)21(24(19)29-30)16-10-12-18(26)32-16/h9-12H,3-8,13H2,1-2H3. The first-order valence-corrected chi connectivity index (χ1v) is 14.0. The lowest BCUT2D eigenvalue weighted by molar-refractivity contribution is 0.515. The molecule has 2 nitrogen and oxygen atoms in total. The average molecular weight is 602 g/mol. The summed E-state index contributed by atoms with van der Waals surface area (Å²) in [7, 11) is 0. The number of thiophene rings is 2. The van der Waals surface area contributed by atoms with E-state index in [-0.39, 0.29) is 5.56 Å². The quantitative estimate of drug-likeness (QED) is 0.174. The fourth-order valence-electron chi connectivity index (χ4n) is 4.07. The highest BCUT2D eigenvalue weighted by Gasteiger charge is 2.27. The second-order valence-corrected chi connectivity index (χ2v) is 12.8. The molecule has 0 atom stereocenters. The topological polar surface area (TPSA) is 17.8 Å². The Morgan fingerprint density at radius 3 is 2.00 bits per heavy atom. The van der Waals surface area contributed by atoms with Gasteiger partial charge in [0.15, 0.2) is 11.6 Å². The SMILES string of the molecule is CCCCCCCCn1nc2c(-c3ccc(Br)s3)c(F)c(F)c(-c3ccc(Br)s3)c2c1C. The van der Waals surface area contributed by atoms with E-state index in [1.54, 1.807) is 0 Å². The maximum Gasteiger partial charge on any atom is 0.170 e. The number of fused-ring (bicyclic) bond motifs is 1. The number of hydrogen-bond donors (Lipinski definition) is 0. The molecule has 0 N–H and O–H groups in total. The van der Waals surface area contributed by atoms with Gasteiger partial charge in [-0.25, -0.2) is 8.78 Å². The summed E-state index contributed by atoms with van der Waals surface area (Å²) in [6, 6.07) is 7.37. The van der Waals surface area contributed by atoms with Crippen molar-refractivity contribution in [3.05, 3.63) is 49.2 Å². The van der Waals surface area contributed by atoms with Gasteiger partial charge in [0.2, 0.25) is 0 Å². The first kappa shape index (κ1) is 24.0. The summed E-state index contributed by atoms with van der Waals surface area (Å²) in [5, 5.41) is 5.52. The molecular weight excluding hydrogens is 578 g/mol. The molecule has 0 aliphatic heterocycles. The Morgan fingerprint density at radius 2 is 1.41 bits per heavy atom. The molecule has 8 heteroatoms. The van der Waals surface area contributed by atoms with Gasteiger partial charge in [-0.05, 0) is 69.5 Å². The third-order valence-electron chi connectivity index (χ3n) is 5.69. The average Bonchev–Trinajstić information content (AvgIpc) is 3.46. The van der Waals surface area contributed by atoms with E-state index < -0.39 is 11.6 Å². The molecule has 1 aromatic carbocycles. The third kappa shape index (κ3) is 4.74. The number of unbranched alkanes of at least 4 members (excludes halogenated alkanes) is 5. The van der Waals surface area contributed by atoms with Crippen LogP contribution >= 0.6 is 54.5 Å². The third-order valence-corrected chi connectivity index (χ3v) is 8.97. The van der Waals surface area contributed by atoms with Crippen LogP contribution in [0, 0.1) is 18.6 Å². The zero-order valence-corrected chi connectivity index (χ0v) is 22.8. The molecule has 0 aliphatic rings. The van der Waals surface area contributed by atoms with Crippen molar-refractivity contribution < 1.29 is 8.78 Å². The first-order chi connectivity index (χ1) is 15.4. The fourth-order valence-corrected chi connectivity index (χ4v) is 6.92. The van der Waals surface area contributed by atoms with Crippen molar-refractivity contribution in [1.29, 1.82) is 0 Å². The Labute approximate surface area is 211 Å². The second kappa shape index (κ2) is 10.5. The molecule has 0 fully saturated rings. The van der Waals surface area contributed by atoms with Gasteiger partial charge < -0.3 is 0 Å². The summed E-state index contributed by atoms with van der Waals surface area (Å²) < 4.78 is 34.8. The molecule has 0 bridgehead atoms. The number of halogens is 4. The lowest BCUT2D eigenvalue weighted by Crippen LogP contribution is -2.02. The van der Waals surface area contributed by atoms with Crippen LogP contribution < -0.4 is 0 Å². The molecule has 0 aliphatic carbocycles. The van der Waals surface area contributed by atoms with Crippen molar-refractivity contribution in [3.8, 4) is 20.9 Å². The van der Waals surface area contributed by atoms with E-state index in [0.29, 0.717) is 26.2 Å². The molecule has 0 amide bonds. The van der Waals surface area contributed by atoms with Crippen molar-refractivity contribution in [3.63, 3.8) is 0 Å². The van der Waals surface area contributed by atoms with Crippen LogP contribution in [0.2, 0.25) is 0 Å². The van der Waals surface area contributed by atoms with Crippen molar-refractivity contribution in [2.45, 2.75) is 58.9 Å². The smallest absolute Gasteiger partial charge is 0.170 e. The Hall–Kier alpha value is -1.09. The van der Waals surface area contributed by atoms with E-state index in [1.165, 1.54) is 48.4 Å². The summed E-state index contributed by atoms with van der Waals surface area (Å²) in [6.07, 6.45) is 7.09. The Bertz CT molecular complexity index is 1240. The zero-order valence-electron chi connectivity index (χ0n) is 18.0. The zero-order chi connectivity index (χ0) is 22.8. The summed E-state index contributed by atoms with van der Waals surface area (Å²) in [6.45, 7) is 4.92. The number of benzene rings is 1. The molecule has 0 unspecified atom stereocenters. The van der Waals surface area contributed by atoms with Crippen molar-refractivity contribution >= 4 is 65.4 Å². The second-order valence-electron chi connectivity index (χ2n) is 7.89. The summed E-state index contributed by atoms with van der Waals surface area (Å²) in [5.74, 6) is -1.65. The largest absolute Gasteiger partial charge is 0.269 e. The Balaban J connectivity index is 1.83. The van der Waals surface area contributed by atoms with E-state index in [9.17, 15) is 0 Å². The maximum atomic E-state index is 15.6. The van der Waals surface area contributed by atoms with Crippen molar-refractivity contribution in [2.75, 3.05) is 0 Å². The molecule has 32 heavy (non-hydrogen) atoms. The molecule has 0 saturated heterocycles. The van der Waals surface area contributed by atoms with Gasteiger partial charge in [-0.1, -0.05) is 39.0 Å². The molecule has 170 valence electrons. The van der Waals surface area contributed by atoms with E-state index in [2.05, 4.69) is 38.8 Å². The van der Waals surface area contributed by atoms with Crippen LogP contribution in [0.15, 0.2) is 31.8 Å². The molecule has 0 radical (unpaired) electrons. The van der Waals surface area contributed by atoms with Gasteiger partial charge >= 0.3 is 0 Å². The summed E-state index contributed by atoms with van der Waals surface area (Å²) >= 11 is 9.68. The molecule has 4 rings (SSSR count). The summed E-state index contributed by atoms with van der Waals surface area (Å²) in [4.78, 5) is 1.36. The van der Waals surface area contributed by atoms with Gasteiger partial charge in [0, 0.05) is 32.9 Å². The molecule has 0 saturated carbocycles. The fraction of sp³-hybridized carbons (Fsp3) is 0.375. The number of rotatable bonds is 9. The van der Waals surface area contributed by atoms with Crippen molar-refractivity contribution in [2.24, 2.45) is 0 Å².